The number of primary amides is 1. The Morgan fingerprint density at radius 2 is 1.91 bits per heavy atom. The van der Waals surface area contributed by atoms with Crippen molar-refractivity contribution in [2.45, 2.75) is 50.0 Å². The molecule has 22 heavy (non-hydrogen) atoms. The van der Waals surface area contributed by atoms with Crippen molar-refractivity contribution in [3.63, 3.8) is 0 Å². The second-order valence-electron chi connectivity index (χ2n) is 6.10. The van der Waals surface area contributed by atoms with Crippen molar-refractivity contribution >= 4 is 29.4 Å². The molecule has 0 heterocycles. The summed E-state index contributed by atoms with van der Waals surface area (Å²) in [5, 5.41) is 0.760. The number of hydrogen-bond acceptors (Lipinski definition) is 2. The van der Waals surface area contributed by atoms with Gasteiger partial charge in [-0.15, -0.1) is 11.8 Å². The molecule has 0 saturated heterocycles. The number of thioether (sulfide) groups is 1. The number of carbonyl (C=O) groups excluding carboxylic acids is 1. The van der Waals surface area contributed by atoms with E-state index in [1.807, 2.05) is 29.2 Å². The van der Waals surface area contributed by atoms with Crippen LogP contribution in [0.2, 0.25) is 5.02 Å². The summed E-state index contributed by atoms with van der Waals surface area (Å²) in [5.74, 6) is 1.76. The average molecular weight is 341 g/mol. The topological polar surface area (TPSA) is 46.3 Å². The van der Waals surface area contributed by atoms with Crippen molar-refractivity contribution in [2.24, 2.45) is 11.7 Å². The van der Waals surface area contributed by atoms with Crippen LogP contribution in [-0.4, -0.2) is 29.3 Å². The van der Waals surface area contributed by atoms with Gasteiger partial charge < -0.3 is 10.6 Å². The van der Waals surface area contributed by atoms with E-state index in [2.05, 4.69) is 6.92 Å². The van der Waals surface area contributed by atoms with Crippen LogP contribution >= 0.6 is 23.4 Å². The third kappa shape index (κ3) is 5.40. The van der Waals surface area contributed by atoms with E-state index in [0.717, 1.165) is 42.5 Å². The van der Waals surface area contributed by atoms with Gasteiger partial charge in [-0.2, -0.15) is 0 Å². The third-order valence-electron chi connectivity index (χ3n) is 4.33. The number of amides is 2. The average Bonchev–Trinajstić information content (AvgIpc) is 2.50. The van der Waals surface area contributed by atoms with Crippen LogP contribution in [0, 0.1) is 5.92 Å². The normalized spacial score (nSPS) is 21.5. The highest BCUT2D eigenvalue weighted by molar-refractivity contribution is 7.99. The molecule has 1 fully saturated rings. The standard InChI is InChI=1S/C17H25ClN2OS/c1-13-3-7-15(8-4-13)20(17(19)21)11-2-12-22-16-9-5-14(18)6-10-16/h5-6,9-10,13,15H,2-4,7-8,11-12H2,1H3,(H2,19,21). The van der Waals surface area contributed by atoms with Gasteiger partial charge in [0.05, 0.1) is 0 Å². The van der Waals surface area contributed by atoms with Crippen molar-refractivity contribution in [1.29, 1.82) is 0 Å². The van der Waals surface area contributed by atoms with Crippen LogP contribution in [0.3, 0.4) is 0 Å². The van der Waals surface area contributed by atoms with Crippen LogP contribution in [0.15, 0.2) is 29.2 Å². The Bertz CT molecular complexity index is 472. The molecule has 0 aliphatic heterocycles. The molecule has 0 atom stereocenters. The van der Waals surface area contributed by atoms with Gasteiger partial charge >= 0.3 is 6.03 Å². The largest absolute Gasteiger partial charge is 0.351 e. The molecule has 1 saturated carbocycles. The number of nitrogens with two attached hydrogens (primary N) is 1. The van der Waals surface area contributed by atoms with Gasteiger partial charge in [-0.1, -0.05) is 18.5 Å². The number of rotatable bonds is 6. The van der Waals surface area contributed by atoms with Crippen molar-refractivity contribution in [3.8, 4) is 0 Å². The van der Waals surface area contributed by atoms with Crippen molar-refractivity contribution in [2.75, 3.05) is 12.3 Å². The lowest BCUT2D eigenvalue weighted by Gasteiger charge is -2.35. The Hall–Kier alpha value is -0.870. The van der Waals surface area contributed by atoms with E-state index in [9.17, 15) is 4.79 Å². The van der Waals surface area contributed by atoms with Gasteiger partial charge in [0, 0.05) is 22.5 Å². The fourth-order valence-electron chi connectivity index (χ4n) is 2.98. The monoisotopic (exact) mass is 340 g/mol. The number of hydrogen-bond donors (Lipinski definition) is 1. The molecule has 2 amide bonds. The Labute approximate surface area is 142 Å². The molecule has 5 heteroatoms. The maximum Gasteiger partial charge on any atom is 0.315 e. The minimum absolute atomic E-state index is 0.268. The van der Waals surface area contributed by atoms with Crippen LogP contribution in [0.25, 0.3) is 0 Å². The Morgan fingerprint density at radius 1 is 1.27 bits per heavy atom. The molecule has 1 aromatic carbocycles. The molecule has 2 N–H and O–H groups in total. The first kappa shape index (κ1) is 17.5. The smallest absolute Gasteiger partial charge is 0.315 e. The Balaban J connectivity index is 1.75. The van der Waals surface area contributed by atoms with Crippen LogP contribution in [0.1, 0.15) is 39.0 Å². The lowest BCUT2D eigenvalue weighted by Crippen LogP contribution is -2.45. The molecule has 1 aliphatic rings. The van der Waals surface area contributed by atoms with Crippen molar-refractivity contribution in [1.82, 2.24) is 4.90 Å². The van der Waals surface area contributed by atoms with Crippen LogP contribution in [-0.2, 0) is 0 Å². The zero-order valence-electron chi connectivity index (χ0n) is 13.1. The summed E-state index contributed by atoms with van der Waals surface area (Å²) in [6.07, 6.45) is 5.55. The van der Waals surface area contributed by atoms with Gasteiger partial charge in [0.25, 0.3) is 0 Å². The van der Waals surface area contributed by atoms with E-state index in [4.69, 9.17) is 17.3 Å². The fourth-order valence-corrected chi connectivity index (χ4v) is 3.95. The van der Waals surface area contributed by atoms with Crippen molar-refractivity contribution in [3.05, 3.63) is 29.3 Å². The number of carbonyl (C=O) groups is 1. The van der Waals surface area contributed by atoms with E-state index >= 15 is 0 Å². The molecular formula is C17H25ClN2OS. The first-order chi connectivity index (χ1) is 10.6. The number of urea groups is 1. The van der Waals surface area contributed by atoms with Crippen LogP contribution < -0.4 is 5.73 Å². The lowest BCUT2D eigenvalue weighted by molar-refractivity contribution is 0.153. The summed E-state index contributed by atoms with van der Waals surface area (Å²) in [7, 11) is 0. The summed E-state index contributed by atoms with van der Waals surface area (Å²) in [6, 6.07) is 7.94. The molecule has 0 bridgehead atoms. The summed E-state index contributed by atoms with van der Waals surface area (Å²) >= 11 is 7.67. The molecule has 1 aromatic rings. The summed E-state index contributed by atoms with van der Waals surface area (Å²) in [6.45, 7) is 3.04. The Kier molecular flexibility index (Phi) is 6.90. The second kappa shape index (κ2) is 8.68. The van der Waals surface area contributed by atoms with Gasteiger partial charge in [-0.05, 0) is 68.0 Å². The van der Waals surface area contributed by atoms with Crippen molar-refractivity contribution < 1.29 is 4.79 Å². The van der Waals surface area contributed by atoms with Gasteiger partial charge in [0.15, 0.2) is 0 Å². The van der Waals surface area contributed by atoms with E-state index in [1.54, 1.807) is 11.8 Å². The quantitative estimate of drug-likeness (QED) is 0.598. The number of nitrogens with zero attached hydrogens (tertiary/aromatic N) is 1. The molecular weight excluding hydrogens is 316 g/mol. The molecule has 0 unspecified atom stereocenters. The molecule has 1 aliphatic carbocycles. The van der Waals surface area contributed by atoms with Crippen LogP contribution in [0.5, 0.6) is 0 Å². The lowest BCUT2D eigenvalue weighted by atomic mass is 9.86. The van der Waals surface area contributed by atoms with Gasteiger partial charge in [-0.3, -0.25) is 0 Å². The zero-order chi connectivity index (χ0) is 15.9. The van der Waals surface area contributed by atoms with E-state index in [0.29, 0.717) is 6.04 Å². The maximum atomic E-state index is 11.7. The number of halogens is 1. The highest BCUT2D eigenvalue weighted by Gasteiger charge is 2.25. The highest BCUT2D eigenvalue weighted by atomic mass is 35.5. The van der Waals surface area contributed by atoms with Gasteiger partial charge in [-0.25, -0.2) is 4.79 Å². The van der Waals surface area contributed by atoms with E-state index < -0.39 is 0 Å². The summed E-state index contributed by atoms with van der Waals surface area (Å²) in [4.78, 5) is 14.8. The van der Waals surface area contributed by atoms with Gasteiger partial charge in [0.2, 0.25) is 0 Å². The minimum Gasteiger partial charge on any atom is -0.351 e. The van der Waals surface area contributed by atoms with E-state index in [1.165, 1.54) is 17.7 Å². The molecule has 0 spiro atoms. The maximum absolute atomic E-state index is 11.7. The summed E-state index contributed by atoms with van der Waals surface area (Å²) < 4.78 is 0. The molecule has 0 aromatic heterocycles. The first-order valence-electron chi connectivity index (χ1n) is 8.00. The second-order valence-corrected chi connectivity index (χ2v) is 7.71. The molecule has 2 rings (SSSR count). The highest BCUT2D eigenvalue weighted by Crippen LogP contribution is 2.27. The number of benzene rings is 1. The fraction of sp³-hybridized carbons (Fsp3) is 0.588. The van der Waals surface area contributed by atoms with E-state index in [-0.39, 0.29) is 6.03 Å². The molecule has 122 valence electrons. The Morgan fingerprint density at radius 3 is 2.50 bits per heavy atom. The third-order valence-corrected chi connectivity index (χ3v) is 5.69. The van der Waals surface area contributed by atoms with Crippen LogP contribution in [0.4, 0.5) is 4.79 Å². The molecule has 0 radical (unpaired) electrons. The predicted octanol–water partition coefficient (Wildman–Crippen LogP) is 4.78. The SMILES string of the molecule is CC1CCC(N(CCCSc2ccc(Cl)cc2)C(N)=O)CC1. The van der Waals surface area contributed by atoms with Gasteiger partial charge in [0.1, 0.15) is 0 Å². The minimum atomic E-state index is -0.268. The molecule has 3 nitrogen and oxygen atoms in total. The zero-order valence-corrected chi connectivity index (χ0v) is 14.7. The summed E-state index contributed by atoms with van der Waals surface area (Å²) in [5.41, 5.74) is 5.58. The predicted molar refractivity (Wildman–Crippen MR) is 94.5 cm³/mol. The first-order valence-corrected chi connectivity index (χ1v) is 9.37.